The maximum atomic E-state index is 12.5. The Morgan fingerprint density at radius 3 is 2.76 bits per heavy atom. The van der Waals surface area contributed by atoms with Gasteiger partial charge in [0.1, 0.15) is 16.5 Å². The number of thiophene rings is 1. The number of ether oxygens (including phenoxy) is 1. The van der Waals surface area contributed by atoms with Crippen molar-refractivity contribution >= 4 is 34.3 Å². The molecule has 2 heterocycles. The van der Waals surface area contributed by atoms with Crippen molar-refractivity contribution in [3.05, 3.63) is 45.7 Å². The number of methoxy groups -OCH3 is 1. The minimum atomic E-state index is -0.392. The molecule has 0 bridgehead atoms. The van der Waals surface area contributed by atoms with Crippen LogP contribution >= 0.6 is 11.3 Å². The van der Waals surface area contributed by atoms with Gasteiger partial charge in [0.2, 0.25) is 5.91 Å². The summed E-state index contributed by atoms with van der Waals surface area (Å²) in [6, 6.07) is 3.65. The summed E-state index contributed by atoms with van der Waals surface area (Å²) in [5, 5.41) is 3.45. The smallest absolute Gasteiger partial charge is 0.341 e. The Bertz CT molecular complexity index is 935. The summed E-state index contributed by atoms with van der Waals surface area (Å²) in [6.45, 7) is 8.69. The number of carbonyl (C=O) groups is 2. The van der Waals surface area contributed by atoms with Crippen LogP contribution < -0.4 is 5.32 Å². The van der Waals surface area contributed by atoms with Gasteiger partial charge >= 0.3 is 5.97 Å². The standard InChI is InChI=1S/C23H29NO4S/c1-6-23(3,4)15-8-11-17-18(13-15)29-21(20(17)22(26)27-5)24-19(25)12-10-16-9-7-14(2)28-16/h7,9-10,12,15H,6,8,11,13H2,1-5H3,(H,24,25). The Morgan fingerprint density at radius 2 is 2.14 bits per heavy atom. The SMILES string of the molecule is CCC(C)(C)C1CCc2c(sc(NC(=O)C=Cc3ccc(C)o3)c2C(=O)OC)C1. The number of aryl methyl sites for hydroxylation is 1. The quantitative estimate of drug-likeness (QED) is 0.490. The molecule has 0 spiro atoms. The van der Waals surface area contributed by atoms with E-state index in [-0.39, 0.29) is 11.3 Å². The first kappa shape index (κ1) is 21.4. The van der Waals surface area contributed by atoms with Crippen LogP contribution in [0.3, 0.4) is 0 Å². The van der Waals surface area contributed by atoms with Gasteiger partial charge in [-0.3, -0.25) is 4.79 Å². The van der Waals surface area contributed by atoms with E-state index in [2.05, 4.69) is 26.1 Å². The Labute approximate surface area is 176 Å². The maximum absolute atomic E-state index is 12.5. The number of hydrogen-bond acceptors (Lipinski definition) is 5. The maximum Gasteiger partial charge on any atom is 0.341 e. The molecule has 1 unspecified atom stereocenters. The van der Waals surface area contributed by atoms with Gasteiger partial charge in [-0.05, 0) is 61.3 Å². The molecule has 0 fully saturated rings. The highest BCUT2D eigenvalue weighted by molar-refractivity contribution is 7.17. The van der Waals surface area contributed by atoms with Crippen molar-refractivity contribution < 1.29 is 18.7 Å². The van der Waals surface area contributed by atoms with Crippen molar-refractivity contribution in [1.29, 1.82) is 0 Å². The molecule has 2 aromatic heterocycles. The largest absolute Gasteiger partial charge is 0.465 e. The molecule has 0 aromatic carbocycles. The highest BCUT2D eigenvalue weighted by Gasteiger charge is 2.35. The van der Waals surface area contributed by atoms with E-state index in [0.29, 0.717) is 22.2 Å². The lowest BCUT2D eigenvalue weighted by molar-refractivity contribution is -0.111. The molecule has 6 heteroatoms. The lowest BCUT2D eigenvalue weighted by Crippen LogP contribution is -2.28. The van der Waals surface area contributed by atoms with E-state index in [1.807, 2.05) is 13.0 Å². The monoisotopic (exact) mass is 415 g/mol. The summed E-state index contributed by atoms with van der Waals surface area (Å²) >= 11 is 1.50. The summed E-state index contributed by atoms with van der Waals surface area (Å²) in [6.07, 6.45) is 6.96. The summed E-state index contributed by atoms with van der Waals surface area (Å²) in [4.78, 5) is 26.1. The van der Waals surface area contributed by atoms with Crippen LogP contribution in [0.4, 0.5) is 5.00 Å². The third-order valence-corrected chi connectivity index (χ3v) is 7.24. The lowest BCUT2D eigenvalue weighted by atomic mass is 9.69. The third-order valence-electron chi connectivity index (χ3n) is 6.07. The first-order valence-electron chi connectivity index (χ1n) is 10.0. The van der Waals surface area contributed by atoms with Crippen LogP contribution in [-0.4, -0.2) is 19.0 Å². The van der Waals surface area contributed by atoms with Gasteiger partial charge in [0.25, 0.3) is 0 Å². The fourth-order valence-corrected chi connectivity index (χ4v) is 5.12. The average Bonchev–Trinajstić information content (AvgIpc) is 3.27. The molecule has 1 aliphatic carbocycles. The number of fused-ring (bicyclic) bond motifs is 1. The van der Waals surface area contributed by atoms with E-state index in [1.165, 1.54) is 29.4 Å². The molecule has 1 N–H and O–H groups in total. The molecule has 1 aliphatic rings. The van der Waals surface area contributed by atoms with Gasteiger partial charge in [0, 0.05) is 11.0 Å². The van der Waals surface area contributed by atoms with Gasteiger partial charge < -0.3 is 14.5 Å². The van der Waals surface area contributed by atoms with Gasteiger partial charge in [-0.1, -0.05) is 27.2 Å². The van der Waals surface area contributed by atoms with Crippen LogP contribution in [0.25, 0.3) is 6.08 Å². The average molecular weight is 416 g/mol. The molecule has 5 nitrogen and oxygen atoms in total. The molecular formula is C23H29NO4S. The highest BCUT2D eigenvalue weighted by Crippen LogP contribution is 2.45. The van der Waals surface area contributed by atoms with E-state index < -0.39 is 5.97 Å². The van der Waals surface area contributed by atoms with Crippen molar-refractivity contribution in [3.8, 4) is 0 Å². The fourth-order valence-electron chi connectivity index (χ4n) is 3.80. The second kappa shape index (κ2) is 8.57. The number of anilines is 1. The minimum Gasteiger partial charge on any atom is -0.465 e. The molecule has 3 rings (SSSR count). The van der Waals surface area contributed by atoms with Crippen molar-refractivity contribution in [3.63, 3.8) is 0 Å². The van der Waals surface area contributed by atoms with E-state index in [0.717, 1.165) is 37.0 Å². The number of amides is 1. The molecule has 0 radical (unpaired) electrons. The number of furan rings is 1. The van der Waals surface area contributed by atoms with Crippen molar-refractivity contribution in [2.75, 3.05) is 12.4 Å². The molecule has 1 atom stereocenters. The van der Waals surface area contributed by atoms with Gasteiger partial charge in [0.15, 0.2) is 0 Å². The Balaban J connectivity index is 1.84. The fraction of sp³-hybridized carbons (Fsp3) is 0.478. The third kappa shape index (κ3) is 4.64. The summed E-state index contributed by atoms with van der Waals surface area (Å²) in [5.41, 5.74) is 1.79. The number of esters is 1. The van der Waals surface area contributed by atoms with Crippen LogP contribution in [0.2, 0.25) is 0 Å². The normalized spacial score (nSPS) is 16.7. The van der Waals surface area contributed by atoms with Gasteiger partial charge in [-0.2, -0.15) is 0 Å². The summed E-state index contributed by atoms with van der Waals surface area (Å²) in [5.74, 6) is 1.27. The van der Waals surface area contributed by atoms with Gasteiger partial charge in [-0.25, -0.2) is 4.79 Å². The van der Waals surface area contributed by atoms with Crippen molar-refractivity contribution in [1.82, 2.24) is 0 Å². The molecule has 156 valence electrons. The Morgan fingerprint density at radius 1 is 1.38 bits per heavy atom. The number of carbonyl (C=O) groups excluding carboxylic acids is 2. The van der Waals surface area contributed by atoms with E-state index >= 15 is 0 Å². The zero-order valence-corrected chi connectivity index (χ0v) is 18.6. The van der Waals surface area contributed by atoms with Gasteiger partial charge in [-0.15, -0.1) is 11.3 Å². The molecule has 1 amide bonds. The predicted molar refractivity (Wildman–Crippen MR) is 116 cm³/mol. The van der Waals surface area contributed by atoms with Crippen LogP contribution in [0.5, 0.6) is 0 Å². The zero-order valence-electron chi connectivity index (χ0n) is 17.8. The molecular weight excluding hydrogens is 386 g/mol. The van der Waals surface area contributed by atoms with Crippen LogP contribution in [-0.2, 0) is 22.4 Å². The summed E-state index contributed by atoms with van der Waals surface area (Å²) < 4.78 is 10.5. The number of hydrogen-bond donors (Lipinski definition) is 1. The van der Waals surface area contributed by atoms with Crippen LogP contribution in [0.1, 0.15) is 65.9 Å². The molecule has 0 saturated carbocycles. The zero-order chi connectivity index (χ0) is 21.2. The molecule has 0 saturated heterocycles. The molecule has 2 aromatic rings. The number of rotatable bonds is 6. The first-order chi connectivity index (χ1) is 13.7. The molecule has 29 heavy (non-hydrogen) atoms. The topological polar surface area (TPSA) is 68.5 Å². The predicted octanol–water partition coefficient (Wildman–Crippen LogP) is 5.63. The van der Waals surface area contributed by atoms with E-state index in [9.17, 15) is 9.59 Å². The number of nitrogens with one attached hydrogen (secondary N) is 1. The second-order valence-electron chi connectivity index (χ2n) is 8.25. The van der Waals surface area contributed by atoms with E-state index in [1.54, 1.807) is 12.1 Å². The first-order valence-corrected chi connectivity index (χ1v) is 10.8. The second-order valence-corrected chi connectivity index (χ2v) is 9.36. The Kier molecular flexibility index (Phi) is 6.32. The molecule has 0 aliphatic heterocycles. The van der Waals surface area contributed by atoms with Crippen molar-refractivity contribution in [2.45, 2.75) is 53.4 Å². The summed E-state index contributed by atoms with van der Waals surface area (Å²) in [7, 11) is 1.38. The van der Waals surface area contributed by atoms with Crippen LogP contribution in [0, 0.1) is 18.3 Å². The van der Waals surface area contributed by atoms with E-state index in [4.69, 9.17) is 9.15 Å². The Hall–Kier alpha value is -2.34. The lowest BCUT2D eigenvalue weighted by Gasteiger charge is -2.36. The van der Waals surface area contributed by atoms with Crippen LogP contribution in [0.15, 0.2) is 22.6 Å². The van der Waals surface area contributed by atoms with Crippen molar-refractivity contribution in [2.24, 2.45) is 11.3 Å². The minimum absolute atomic E-state index is 0.250. The van der Waals surface area contributed by atoms with Gasteiger partial charge in [0.05, 0.1) is 12.7 Å². The highest BCUT2D eigenvalue weighted by atomic mass is 32.1.